The highest BCUT2D eigenvalue weighted by molar-refractivity contribution is 4.99. The highest BCUT2D eigenvalue weighted by Gasteiger charge is 2.48. The van der Waals surface area contributed by atoms with Crippen LogP contribution in [0.25, 0.3) is 0 Å². The van der Waals surface area contributed by atoms with E-state index in [1.807, 2.05) is 0 Å². The van der Waals surface area contributed by atoms with E-state index in [2.05, 4.69) is 20.8 Å². The lowest BCUT2D eigenvalue weighted by atomic mass is 9.59. The van der Waals surface area contributed by atoms with Gasteiger partial charge in [0.05, 0.1) is 5.60 Å². The lowest BCUT2D eigenvalue weighted by Gasteiger charge is -2.50. The van der Waals surface area contributed by atoms with Crippen LogP contribution in [-0.2, 0) is 0 Å². The van der Waals surface area contributed by atoms with Gasteiger partial charge in [-0.3, -0.25) is 0 Å². The maximum Gasteiger partial charge on any atom is 0.0703 e. The van der Waals surface area contributed by atoms with E-state index in [0.717, 1.165) is 32.1 Å². The Hall–Kier alpha value is -0.0400. The normalized spacial score (nSPS) is 31.7. The van der Waals surface area contributed by atoms with Gasteiger partial charge in [0.25, 0.3) is 0 Å². The third-order valence-electron chi connectivity index (χ3n) is 4.50. The molecule has 1 atom stereocenters. The number of aliphatic hydroxyl groups is 1. The van der Waals surface area contributed by atoms with Gasteiger partial charge < -0.3 is 5.11 Å². The average molecular weight is 198 g/mol. The van der Waals surface area contributed by atoms with Crippen molar-refractivity contribution >= 4 is 0 Å². The summed E-state index contributed by atoms with van der Waals surface area (Å²) in [5.41, 5.74) is -0.134. The monoisotopic (exact) mass is 198 g/mol. The van der Waals surface area contributed by atoms with Crippen molar-refractivity contribution in [3.63, 3.8) is 0 Å². The third-order valence-corrected chi connectivity index (χ3v) is 4.50. The molecule has 0 amide bonds. The Morgan fingerprint density at radius 2 is 1.57 bits per heavy atom. The first-order valence-corrected chi connectivity index (χ1v) is 6.36. The zero-order chi connectivity index (χ0) is 10.7. The molecule has 1 aliphatic carbocycles. The first-order valence-electron chi connectivity index (χ1n) is 6.36. The summed E-state index contributed by atoms with van der Waals surface area (Å²) in [6, 6.07) is 0. The lowest BCUT2D eigenvalue weighted by molar-refractivity contribution is -0.125. The maximum absolute atomic E-state index is 10.8. The Labute approximate surface area is 88.9 Å². The smallest absolute Gasteiger partial charge is 0.0703 e. The molecule has 1 nitrogen and oxygen atoms in total. The average Bonchev–Trinajstić information content (AvgIpc) is 2.19. The van der Waals surface area contributed by atoms with Gasteiger partial charge in [-0.25, -0.2) is 0 Å². The summed E-state index contributed by atoms with van der Waals surface area (Å²) in [7, 11) is 0. The molecule has 0 aromatic heterocycles. The van der Waals surface area contributed by atoms with Crippen LogP contribution in [0.3, 0.4) is 0 Å². The Balaban J connectivity index is 2.85. The fraction of sp³-hybridized carbons (Fsp3) is 1.00. The second-order valence-corrected chi connectivity index (χ2v) is 4.98. The lowest BCUT2D eigenvalue weighted by Crippen LogP contribution is -2.50. The first kappa shape index (κ1) is 12.0. The van der Waals surface area contributed by atoms with Gasteiger partial charge in [0.15, 0.2) is 0 Å². The summed E-state index contributed by atoms with van der Waals surface area (Å²) in [5, 5.41) is 10.8. The van der Waals surface area contributed by atoms with Gasteiger partial charge >= 0.3 is 0 Å². The third kappa shape index (κ3) is 1.84. The molecule has 0 saturated heterocycles. The van der Waals surface area contributed by atoms with Crippen LogP contribution >= 0.6 is 0 Å². The van der Waals surface area contributed by atoms with Crippen LogP contribution in [0.1, 0.15) is 72.1 Å². The summed E-state index contributed by atoms with van der Waals surface area (Å²) in [6.07, 6.45) is 9.18. The van der Waals surface area contributed by atoms with Crippen molar-refractivity contribution in [3.8, 4) is 0 Å². The molecular weight excluding hydrogens is 172 g/mol. The number of hydrogen-bond donors (Lipinski definition) is 1. The summed E-state index contributed by atoms with van der Waals surface area (Å²) < 4.78 is 0. The molecule has 0 spiro atoms. The second-order valence-electron chi connectivity index (χ2n) is 4.98. The Morgan fingerprint density at radius 3 is 2.07 bits per heavy atom. The van der Waals surface area contributed by atoms with Gasteiger partial charge in [-0.1, -0.05) is 40.0 Å². The SMILES string of the molecule is CCCC1(O)CCCCC1(CC)CC. The number of hydrogen-bond acceptors (Lipinski definition) is 1. The van der Waals surface area contributed by atoms with Crippen molar-refractivity contribution in [1.82, 2.24) is 0 Å². The molecule has 1 aliphatic rings. The van der Waals surface area contributed by atoms with Crippen molar-refractivity contribution in [2.24, 2.45) is 5.41 Å². The van der Waals surface area contributed by atoms with Crippen LogP contribution in [0.5, 0.6) is 0 Å². The molecule has 1 N–H and O–H groups in total. The zero-order valence-corrected chi connectivity index (χ0v) is 10.1. The van der Waals surface area contributed by atoms with E-state index in [-0.39, 0.29) is 11.0 Å². The van der Waals surface area contributed by atoms with Crippen molar-refractivity contribution in [3.05, 3.63) is 0 Å². The Kier molecular flexibility index (Phi) is 4.00. The van der Waals surface area contributed by atoms with E-state index in [1.54, 1.807) is 0 Å². The topological polar surface area (TPSA) is 20.2 Å². The maximum atomic E-state index is 10.8. The van der Waals surface area contributed by atoms with Gasteiger partial charge in [0, 0.05) is 0 Å². The largest absolute Gasteiger partial charge is 0.389 e. The van der Waals surface area contributed by atoms with E-state index < -0.39 is 0 Å². The predicted molar refractivity (Wildman–Crippen MR) is 61.3 cm³/mol. The highest BCUT2D eigenvalue weighted by atomic mass is 16.3. The van der Waals surface area contributed by atoms with Crippen LogP contribution in [0.15, 0.2) is 0 Å². The molecule has 84 valence electrons. The highest BCUT2D eigenvalue weighted by Crippen LogP contribution is 2.51. The van der Waals surface area contributed by atoms with Gasteiger partial charge in [0.1, 0.15) is 0 Å². The zero-order valence-electron chi connectivity index (χ0n) is 10.1. The molecule has 14 heavy (non-hydrogen) atoms. The molecule has 1 unspecified atom stereocenters. The first-order chi connectivity index (χ1) is 6.64. The van der Waals surface area contributed by atoms with Crippen LogP contribution < -0.4 is 0 Å². The van der Waals surface area contributed by atoms with Gasteiger partial charge in [-0.2, -0.15) is 0 Å². The molecule has 0 radical (unpaired) electrons. The van der Waals surface area contributed by atoms with Crippen LogP contribution in [-0.4, -0.2) is 10.7 Å². The Bertz CT molecular complexity index is 168. The molecule has 1 rings (SSSR count). The summed E-state index contributed by atoms with van der Waals surface area (Å²) >= 11 is 0. The summed E-state index contributed by atoms with van der Waals surface area (Å²) in [4.78, 5) is 0. The molecule has 0 aromatic rings. The quantitative estimate of drug-likeness (QED) is 0.726. The molecule has 0 aliphatic heterocycles. The molecule has 1 heteroatoms. The van der Waals surface area contributed by atoms with Gasteiger partial charge in [-0.05, 0) is 37.5 Å². The van der Waals surface area contributed by atoms with Gasteiger partial charge in [0.2, 0.25) is 0 Å². The second kappa shape index (κ2) is 4.65. The predicted octanol–water partition coefficient (Wildman–Crippen LogP) is 3.90. The van der Waals surface area contributed by atoms with E-state index in [9.17, 15) is 5.11 Å². The fourth-order valence-corrected chi connectivity index (χ4v) is 3.44. The molecular formula is C13H26O. The van der Waals surface area contributed by atoms with E-state index >= 15 is 0 Å². The molecule has 1 saturated carbocycles. The minimum absolute atomic E-state index is 0.223. The van der Waals surface area contributed by atoms with Crippen molar-refractivity contribution in [2.45, 2.75) is 77.7 Å². The summed E-state index contributed by atoms with van der Waals surface area (Å²) in [5.74, 6) is 0. The molecule has 0 aromatic carbocycles. The van der Waals surface area contributed by atoms with Crippen molar-refractivity contribution < 1.29 is 5.11 Å². The van der Waals surface area contributed by atoms with Crippen molar-refractivity contribution in [2.75, 3.05) is 0 Å². The van der Waals surface area contributed by atoms with Gasteiger partial charge in [-0.15, -0.1) is 0 Å². The summed E-state index contributed by atoms with van der Waals surface area (Å²) in [6.45, 7) is 6.67. The van der Waals surface area contributed by atoms with E-state index in [0.29, 0.717) is 0 Å². The molecule has 0 bridgehead atoms. The number of rotatable bonds is 4. The Morgan fingerprint density at radius 1 is 1.00 bits per heavy atom. The molecule has 0 heterocycles. The van der Waals surface area contributed by atoms with Crippen LogP contribution in [0, 0.1) is 5.41 Å². The van der Waals surface area contributed by atoms with Crippen LogP contribution in [0.4, 0.5) is 0 Å². The minimum Gasteiger partial charge on any atom is -0.389 e. The standard InChI is InChI=1S/C13H26O/c1-4-9-13(14)11-8-7-10-12(13,5-2)6-3/h14H,4-11H2,1-3H3. The van der Waals surface area contributed by atoms with Crippen molar-refractivity contribution in [1.29, 1.82) is 0 Å². The van der Waals surface area contributed by atoms with Crippen LogP contribution in [0.2, 0.25) is 0 Å². The molecule has 1 fully saturated rings. The van der Waals surface area contributed by atoms with E-state index in [1.165, 1.54) is 19.3 Å². The minimum atomic E-state index is -0.358. The van der Waals surface area contributed by atoms with E-state index in [4.69, 9.17) is 0 Å². The fourth-order valence-electron chi connectivity index (χ4n) is 3.44.